The zero-order valence-corrected chi connectivity index (χ0v) is 13.9. The summed E-state index contributed by atoms with van der Waals surface area (Å²) in [6.07, 6.45) is 1.39. The predicted octanol–water partition coefficient (Wildman–Crippen LogP) is 4.58. The Morgan fingerprint density at radius 2 is 1.96 bits per heavy atom. The van der Waals surface area contributed by atoms with Crippen LogP contribution in [0.25, 0.3) is 11.1 Å². The van der Waals surface area contributed by atoms with Crippen molar-refractivity contribution in [3.63, 3.8) is 0 Å². The van der Waals surface area contributed by atoms with E-state index in [1.165, 1.54) is 23.7 Å². The monoisotopic (exact) mass is 341 g/mol. The first-order valence-electron chi connectivity index (χ1n) is 7.24. The Labute approximate surface area is 142 Å². The average molecular weight is 341 g/mol. The number of aromatic carboxylic acids is 1. The molecule has 1 aromatic carbocycles. The van der Waals surface area contributed by atoms with Crippen molar-refractivity contribution >= 4 is 28.2 Å². The maximum atomic E-state index is 12.1. The summed E-state index contributed by atoms with van der Waals surface area (Å²) in [5.41, 5.74) is 3.62. The number of carbonyl (C=O) groups excluding carboxylic acids is 1. The van der Waals surface area contributed by atoms with Gasteiger partial charge in [-0.25, -0.2) is 4.79 Å². The molecule has 3 rings (SSSR count). The van der Waals surface area contributed by atoms with E-state index in [4.69, 9.17) is 4.42 Å². The quantitative estimate of drug-likeness (QED) is 0.728. The molecule has 2 N–H and O–H groups in total. The molecule has 0 saturated carbocycles. The maximum absolute atomic E-state index is 12.1. The van der Waals surface area contributed by atoms with Gasteiger partial charge in [-0.15, -0.1) is 11.3 Å². The molecule has 0 bridgehead atoms. The third kappa shape index (κ3) is 2.96. The van der Waals surface area contributed by atoms with E-state index in [1.807, 2.05) is 32.0 Å². The zero-order valence-electron chi connectivity index (χ0n) is 13.1. The van der Waals surface area contributed by atoms with Crippen LogP contribution in [0.2, 0.25) is 0 Å². The molecule has 0 saturated heterocycles. The number of amides is 1. The van der Waals surface area contributed by atoms with E-state index >= 15 is 0 Å². The van der Waals surface area contributed by atoms with Crippen LogP contribution < -0.4 is 5.32 Å². The van der Waals surface area contributed by atoms with Crippen LogP contribution in [0.3, 0.4) is 0 Å². The molecule has 0 fully saturated rings. The Kier molecular flexibility index (Phi) is 4.22. The molecule has 0 aliphatic carbocycles. The molecule has 5 nitrogen and oxygen atoms in total. The number of thiophene rings is 1. The zero-order chi connectivity index (χ0) is 17.3. The summed E-state index contributed by atoms with van der Waals surface area (Å²) in [5, 5.41) is 14.3. The number of nitrogens with one attached hydrogen (secondary N) is 1. The third-order valence-corrected chi connectivity index (χ3v) is 4.54. The second-order valence-electron chi connectivity index (χ2n) is 5.41. The molecule has 2 aromatic heterocycles. The highest BCUT2D eigenvalue weighted by atomic mass is 32.1. The van der Waals surface area contributed by atoms with Gasteiger partial charge in [0.25, 0.3) is 5.91 Å². The molecule has 0 atom stereocenters. The van der Waals surface area contributed by atoms with Gasteiger partial charge in [-0.1, -0.05) is 23.8 Å². The van der Waals surface area contributed by atoms with E-state index in [2.05, 4.69) is 5.32 Å². The van der Waals surface area contributed by atoms with Gasteiger partial charge in [0.15, 0.2) is 5.76 Å². The van der Waals surface area contributed by atoms with Crippen LogP contribution in [0, 0.1) is 13.8 Å². The smallest absolute Gasteiger partial charge is 0.339 e. The first kappa shape index (κ1) is 16.0. The summed E-state index contributed by atoms with van der Waals surface area (Å²) in [6, 6.07) is 8.96. The Hall–Kier alpha value is -2.86. The highest BCUT2D eigenvalue weighted by molar-refractivity contribution is 7.15. The molecule has 0 unspecified atom stereocenters. The molecule has 0 radical (unpaired) electrons. The van der Waals surface area contributed by atoms with E-state index < -0.39 is 11.9 Å². The number of furan rings is 1. The summed E-state index contributed by atoms with van der Waals surface area (Å²) < 4.78 is 5.04. The number of hydrogen-bond donors (Lipinski definition) is 2. The largest absolute Gasteiger partial charge is 0.478 e. The number of anilines is 1. The number of carboxylic acids is 1. The van der Waals surface area contributed by atoms with Crippen LogP contribution in [0.4, 0.5) is 5.00 Å². The van der Waals surface area contributed by atoms with Crippen molar-refractivity contribution in [2.24, 2.45) is 0 Å². The second-order valence-corrected chi connectivity index (χ2v) is 6.29. The minimum absolute atomic E-state index is 0.0897. The van der Waals surface area contributed by atoms with Gasteiger partial charge in [-0.05, 0) is 37.1 Å². The van der Waals surface area contributed by atoms with Gasteiger partial charge in [-0.2, -0.15) is 0 Å². The standard InChI is InChI=1S/C18H15NO4S/c1-10-5-6-12(11(2)8-10)13-9-24-17(15(13)18(21)22)19-16(20)14-4-3-7-23-14/h3-9H,1-2H3,(H,19,20)(H,21,22). The van der Waals surface area contributed by atoms with Crippen molar-refractivity contribution in [2.45, 2.75) is 13.8 Å². The van der Waals surface area contributed by atoms with E-state index in [1.54, 1.807) is 11.4 Å². The number of benzene rings is 1. The highest BCUT2D eigenvalue weighted by Crippen LogP contribution is 2.37. The molecular weight excluding hydrogens is 326 g/mol. The van der Waals surface area contributed by atoms with E-state index in [0.29, 0.717) is 10.6 Å². The fourth-order valence-electron chi connectivity index (χ4n) is 2.55. The Morgan fingerprint density at radius 3 is 2.58 bits per heavy atom. The van der Waals surface area contributed by atoms with Crippen molar-refractivity contribution in [3.8, 4) is 11.1 Å². The molecule has 0 aliphatic rings. The van der Waals surface area contributed by atoms with Crippen LogP contribution >= 0.6 is 11.3 Å². The molecule has 2 heterocycles. The van der Waals surface area contributed by atoms with Crippen molar-refractivity contribution < 1.29 is 19.1 Å². The summed E-state index contributed by atoms with van der Waals surface area (Å²) >= 11 is 1.18. The molecule has 6 heteroatoms. The van der Waals surface area contributed by atoms with Gasteiger partial charge in [-0.3, -0.25) is 4.79 Å². The van der Waals surface area contributed by atoms with Gasteiger partial charge in [0.05, 0.1) is 6.26 Å². The van der Waals surface area contributed by atoms with Gasteiger partial charge >= 0.3 is 5.97 Å². The Bertz CT molecular complexity index is 909. The van der Waals surface area contributed by atoms with Crippen LogP contribution in [-0.4, -0.2) is 17.0 Å². The average Bonchev–Trinajstić information content (AvgIpc) is 3.16. The molecule has 1 amide bonds. The molecule has 3 aromatic rings. The number of carboxylic acid groups (broad SMARTS) is 1. The lowest BCUT2D eigenvalue weighted by atomic mass is 9.98. The lowest BCUT2D eigenvalue weighted by Gasteiger charge is -2.08. The lowest BCUT2D eigenvalue weighted by Crippen LogP contribution is -2.12. The molecule has 0 spiro atoms. The SMILES string of the molecule is Cc1ccc(-c2csc(NC(=O)c3ccco3)c2C(=O)O)c(C)c1. The number of carbonyl (C=O) groups is 2. The number of rotatable bonds is 4. The molecule has 24 heavy (non-hydrogen) atoms. The van der Waals surface area contributed by atoms with Crippen molar-refractivity contribution in [3.05, 3.63) is 64.4 Å². The number of aryl methyl sites for hydroxylation is 2. The topological polar surface area (TPSA) is 79.5 Å². The van der Waals surface area contributed by atoms with Crippen molar-refractivity contribution in [1.29, 1.82) is 0 Å². The fraction of sp³-hybridized carbons (Fsp3) is 0.111. The second kappa shape index (κ2) is 6.33. The van der Waals surface area contributed by atoms with Crippen LogP contribution in [-0.2, 0) is 0 Å². The van der Waals surface area contributed by atoms with Crippen LogP contribution in [0.15, 0.2) is 46.4 Å². The highest BCUT2D eigenvalue weighted by Gasteiger charge is 2.22. The number of hydrogen-bond acceptors (Lipinski definition) is 4. The van der Waals surface area contributed by atoms with Gasteiger partial charge in [0.1, 0.15) is 10.6 Å². The molecule has 122 valence electrons. The van der Waals surface area contributed by atoms with Gasteiger partial charge in [0.2, 0.25) is 0 Å². The van der Waals surface area contributed by atoms with Crippen molar-refractivity contribution in [2.75, 3.05) is 5.32 Å². The maximum Gasteiger partial charge on any atom is 0.339 e. The first-order valence-corrected chi connectivity index (χ1v) is 8.12. The van der Waals surface area contributed by atoms with Crippen LogP contribution in [0.1, 0.15) is 32.0 Å². The third-order valence-electron chi connectivity index (χ3n) is 3.65. The first-order chi connectivity index (χ1) is 11.5. The van der Waals surface area contributed by atoms with Crippen molar-refractivity contribution in [1.82, 2.24) is 0 Å². The minimum atomic E-state index is -1.08. The predicted molar refractivity (Wildman–Crippen MR) is 92.8 cm³/mol. The van der Waals surface area contributed by atoms with Crippen LogP contribution in [0.5, 0.6) is 0 Å². The fourth-order valence-corrected chi connectivity index (χ4v) is 3.50. The summed E-state index contributed by atoms with van der Waals surface area (Å²) in [6.45, 7) is 3.92. The van der Waals surface area contributed by atoms with E-state index in [-0.39, 0.29) is 11.3 Å². The Morgan fingerprint density at radius 1 is 1.17 bits per heavy atom. The molecule has 0 aliphatic heterocycles. The normalized spacial score (nSPS) is 10.6. The van der Waals surface area contributed by atoms with Gasteiger partial charge in [0, 0.05) is 10.9 Å². The van der Waals surface area contributed by atoms with Gasteiger partial charge < -0.3 is 14.8 Å². The summed E-state index contributed by atoms with van der Waals surface area (Å²) in [7, 11) is 0. The Balaban J connectivity index is 2.02. The van der Waals surface area contributed by atoms with E-state index in [0.717, 1.165) is 16.7 Å². The lowest BCUT2D eigenvalue weighted by molar-refractivity contribution is 0.0699. The van der Waals surface area contributed by atoms with E-state index in [9.17, 15) is 14.7 Å². The molecular formula is C18H15NO4S. The summed E-state index contributed by atoms with van der Waals surface area (Å²) in [5.74, 6) is -1.43. The summed E-state index contributed by atoms with van der Waals surface area (Å²) in [4.78, 5) is 23.9. The minimum Gasteiger partial charge on any atom is -0.478 e.